The molecule has 0 fully saturated rings. The Kier molecular flexibility index (Phi) is 4.03. The first kappa shape index (κ1) is 15.5. The third kappa shape index (κ3) is 3.16. The number of nitrogens with zero attached hydrogens (tertiary/aromatic N) is 2. The minimum absolute atomic E-state index is 0.101. The average molecular weight is 356 g/mol. The van der Waals surface area contributed by atoms with Crippen molar-refractivity contribution < 1.29 is 14.3 Å². The molecule has 126 valence electrons. The third-order valence-corrected chi connectivity index (χ3v) is 4.10. The third-order valence-electron chi connectivity index (χ3n) is 3.82. The summed E-state index contributed by atoms with van der Waals surface area (Å²) < 4.78 is 12.3. The van der Waals surface area contributed by atoms with Crippen LogP contribution in [0.2, 0.25) is 5.02 Å². The normalized spacial score (nSPS) is 12.2. The minimum Gasteiger partial charge on any atom is -0.454 e. The van der Waals surface area contributed by atoms with Gasteiger partial charge in [-0.25, -0.2) is 4.68 Å². The van der Waals surface area contributed by atoms with Gasteiger partial charge >= 0.3 is 0 Å². The van der Waals surface area contributed by atoms with Gasteiger partial charge in [-0.3, -0.25) is 4.79 Å². The average Bonchev–Trinajstić information content (AvgIpc) is 3.25. The Balaban J connectivity index is 1.54. The number of benzene rings is 2. The van der Waals surface area contributed by atoms with E-state index in [1.165, 1.54) is 0 Å². The molecular weight excluding hydrogens is 342 g/mol. The molecule has 1 aromatic heterocycles. The number of carbonyl (C=O) groups is 1. The SMILES string of the molecule is O=C(Nc1ccnn1Cc1ccccc1)c1cc(Cl)c2c(c1)OCO2. The summed E-state index contributed by atoms with van der Waals surface area (Å²) in [6, 6.07) is 14.8. The number of rotatable bonds is 4. The standard InChI is InChI=1S/C18H14ClN3O3/c19-14-8-13(9-15-17(14)25-11-24-15)18(23)21-16-6-7-20-22(16)10-12-4-2-1-3-5-12/h1-9H,10-11H2,(H,21,23). The molecule has 7 heteroatoms. The van der Waals surface area contributed by atoms with E-state index in [0.717, 1.165) is 5.56 Å². The van der Waals surface area contributed by atoms with Crippen molar-refractivity contribution in [1.82, 2.24) is 9.78 Å². The van der Waals surface area contributed by atoms with E-state index >= 15 is 0 Å². The number of amides is 1. The number of anilines is 1. The fraction of sp³-hybridized carbons (Fsp3) is 0.111. The van der Waals surface area contributed by atoms with E-state index in [2.05, 4.69) is 10.4 Å². The predicted octanol–water partition coefficient (Wildman–Crippen LogP) is 3.57. The van der Waals surface area contributed by atoms with Gasteiger partial charge in [-0.15, -0.1) is 0 Å². The Morgan fingerprint density at radius 2 is 2.04 bits per heavy atom. The lowest BCUT2D eigenvalue weighted by Gasteiger charge is -2.10. The zero-order valence-electron chi connectivity index (χ0n) is 13.1. The lowest BCUT2D eigenvalue weighted by molar-refractivity contribution is 0.102. The second-order valence-corrected chi connectivity index (χ2v) is 5.91. The molecule has 1 N–H and O–H groups in total. The maximum atomic E-state index is 12.6. The van der Waals surface area contributed by atoms with E-state index in [1.807, 2.05) is 30.3 Å². The van der Waals surface area contributed by atoms with E-state index in [1.54, 1.807) is 29.1 Å². The first-order valence-corrected chi connectivity index (χ1v) is 8.05. The van der Waals surface area contributed by atoms with E-state index < -0.39 is 0 Å². The van der Waals surface area contributed by atoms with E-state index in [4.69, 9.17) is 21.1 Å². The summed E-state index contributed by atoms with van der Waals surface area (Å²) in [6.07, 6.45) is 1.64. The van der Waals surface area contributed by atoms with Crippen molar-refractivity contribution in [3.05, 3.63) is 70.9 Å². The summed E-state index contributed by atoms with van der Waals surface area (Å²) in [7, 11) is 0. The molecule has 0 atom stereocenters. The van der Waals surface area contributed by atoms with Crippen LogP contribution in [0.5, 0.6) is 11.5 Å². The quantitative estimate of drug-likeness (QED) is 0.777. The molecule has 0 radical (unpaired) electrons. The largest absolute Gasteiger partial charge is 0.454 e. The van der Waals surface area contributed by atoms with Crippen molar-refractivity contribution in [3.8, 4) is 11.5 Å². The highest BCUT2D eigenvalue weighted by molar-refractivity contribution is 6.32. The van der Waals surface area contributed by atoms with Gasteiger partial charge < -0.3 is 14.8 Å². The first-order valence-electron chi connectivity index (χ1n) is 7.67. The molecular formula is C18H14ClN3O3. The van der Waals surface area contributed by atoms with Crippen LogP contribution < -0.4 is 14.8 Å². The lowest BCUT2D eigenvalue weighted by Crippen LogP contribution is -2.16. The lowest BCUT2D eigenvalue weighted by atomic mass is 10.2. The van der Waals surface area contributed by atoms with Crippen LogP contribution in [0.4, 0.5) is 5.82 Å². The molecule has 0 unspecified atom stereocenters. The maximum Gasteiger partial charge on any atom is 0.257 e. The van der Waals surface area contributed by atoms with Crippen LogP contribution in [0, 0.1) is 0 Å². The zero-order chi connectivity index (χ0) is 17.2. The summed E-state index contributed by atoms with van der Waals surface area (Å²) in [4.78, 5) is 12.6. The summed E-state index contributed by atoms with van der Waals surface area (Å²) in [5, 5.41) is 7.46. The van der Waals surface area contributed by atoms with Crippen LogP contribution in [0.3, 0.4) is 0 Å². The van der Waals surface area contributed by atoms with Gasteiger partial charge in [0.1, 0.15) is 5.82 Å². The monoisotopic (exact) mass is 355 g/mol. The summed E-state index contributed by atoms with van der Waals surface area (Å²) in [5.74, 6) is 1.24. The number of hydrogen-bond donors (Lipinski definition) is 1. The highest BCUT2D eigenvalue weighted by Crippen LogP contribution is 2.39. The molecule has 0 aliphatic carbocycles. The van der Waals surface area contributed by atoms with Crippen molar-refractivity contribution in [1.29, 1.82) is 0 Å². The van der Waals surface area contributed by atoms with Crippen LogP contribution in [0.1, 0.15) is 15.9 Å². The van der Waals surface area contributed by atoms with Gasteiger partial charge in [0.05, 0.1) is 17.8 Å². The Morgan fingerprint density at radius 1 is 1.20 bits per heavy atom. The molecule has 3 aromatic rings. The second kappa shape index (κ2) is 6.49. The van der Waals surface area contributed by atoms with Gasteiger partial charge in [0.2, 0.25) is 6.79 Å². The summed E-state index contributed by atoms with van der Waals surface area (Å²) in [5.41, 5.74) is 1.48. The van der Waals surface area contributed by atoms with Crippen molar-refractivity contribution in [2.24, 2.45) is 0 Å². The Labute approximate surface area is 148 Å². The minimum atomic E-state index is -0.296. The number of ether oxygens (including phenoxy) is 2. The molecule has 0 saturated carbocycles. The highest BCUT2D eigenvalue weighted by Gasteiger charge is 2.21. The van der Waals surface area contributed by atoms with Crippen LogP contribution in [-0.2, 0) is 6.54 Å². The predicted molar refractivity (Wildman–Crippen MR) is 93.3 cm³/mol. The van der Waals surface area contributed by atoms with Crippen molar-refractivity contribution in [2.45, 2.75) is 6.54 Å². The molecule has 2 heterocycles. The summed E-state index contributed by atoms with van der Waals surface area (Å²) >= 11 is 6.14. The number of fused-ring (bicyclic) bond motifs is 1. The number of halogens is 1. The van der Waals surface area contributed by atoms with E-state index in [9.17, 15) is 4.79 Å². The molecule has 0 bridgehead atoms. The molecule has 4 rings (SSSR count). The fourth-order valence-electron chi connectivity index (χ4n) is 2.61. The fourth-order valence-corrected chi connectivity index (χ4v) is 2.87. The maximum absolute atomic E-state index is 12.6. The molecule has 1 amide bonds. The Bertz CT molecular complexity index is 925. The second-order valence-electron chi connectivity index (χ2n) is 5.51. The van der Waals surface area contributed by atoms with Crippen LogP contribution in [0.15, 0.2) is 54.7 Å². The van der Waals surface area contributed by atoms with Gasteiger partial charge in [0, 0.05) is 11.6 Å². The van der Waals surface area contributed by atoms with Crippen LogP contribution in [-0.4, -0.2) is 22.5 Å². The Hall–Kier alpha value is -2.99. The van der Waals surface area contributed by atoms with E-state index in [0.29, 0.717) is 34.4 Å². The number of carbonyl (C=O) groups excluding carboxylic acids is 1. The van der Waals surface area contributed by atoms with Gasteiger partial charge in [-0.2, -0.15) is 5.10 Å². The van der Waals surface area contributed by atoms with Crippen molar-refractivity contribution in [2.75, 3.05) is 12.1 Å². The molecule has 6 nitrogen and oxygen atoms in total. The van der Waals surface area contributed by atoms with Gasteiger partial charge in [0.15, 0.2) is 11.5 Å². The van der Waals surface area contributed by atoms with E-state index in [-0.39, 0.29) is 12.7 Å². The molecule has 1 aliphatic heterocycles. The highest BCUT2D eigenvalue weighted by atomic mass is 35.5. The van der Waals surface area contributed by atoms with Crippen LogP contribution in [0.25, 0.3) is 0 Å². The molecule has 0 saturated heterocycles. The molecule has 25 heavy (non-hydrogen) atoms. The van der Waals surface area contributed by atoms with Gasteiger partial charge in [0.25, 0.3) is 5.91 Å². The van der Waals surface area contributed by atoms with Crippen molar-refractivity contribution >= 4 is 23.3 Å². The number of aromatic nitrogens is 2. The molecule has 2 aromatic carbocycles. The van der Waals surface area contributed by atoms with Gasteiger partial charge in [-0.05, 0) is 17.7 Å². The molecule has 0 spiro atoms. The topological polar surface area (TPSA) is 65.4 Å². The summed E-state index contributed by atoms with van der Waals surface area (Å²) in [6.45, 7) is 0.662. The first-order chi connectivity index (χ1) is 12.2. The number of hydrogen-bond acceptors (Lipinski definition) is 4. The Morgan fingerprint density at radius 3 is 2.88 bits per heavy atom. The van der Waals surface area contributed by atoms with Gasteiger partial charge in [-0.1, -0.05) is 41.9 Å². The zero-order valence-corrected chi connectivity index (χ0v) is 13.9. The smallest absolute Gasteiger partial charge is 0.257 e. The molecule has 1 aliphatic rings. The van der Waals surface area contributed by atoms with Crippen molar-refractivity contribution in [3.63, 3.8) is 0 Å². The number of nitrogens with one attached hydrogen (secondary N) is 1. The van der Waals surface area contributed by atoms with Crippen LogP contribution >= 0.6 is 11.6 Å².